The van der Waals surface area contributed by atoms with Crippen LogP contribution in [0.4, 0.5) is 0 Å². The zero-order chi connectivity index (χ0) is 15.6. The maximum atomic E-state index is 6.21. The van der Waals surface area contributed by atoms with Crippen molar-refractivity contribution in [3.05, 3.63) is 58.1 Å². The number of alkyl halides is 1. The Morgan fingerprint density at radius 1 is 1.05 bits per heavy atom. The molecule has 21 heavy (non-hydrogen) atoms. The van der Waals surface area contributed by atoms with Crippen LogP contribution in [0, 0.1) is 6.92 Å². The molecule has 0 saturated heterocycles. The number of benzene rings is 2. The predicted octanol–water partition coefficient (Wildman–Crippen LogP) is 6.63. The van der Waals surface area contributed by atoms with Crippen molar-refractivity contribution in [3.8, 4) is 11.5 Å². The minimum Gasteiger partial charge on any atom is -0.457 e. The largest absolute Gasteiger partial charge is 0.457 e. The van der Waals surface area contributed by atoms with Crippen LogP contribution < -0.4 is 4.74 Å². The summed E-state index contributed by atoms with van der Waals surface area (Å²) < 4.78 is 6.21. The van der Waals surface area contributed by atoms with E-state index in [1.54, 1.807) is 0 Å². The summed E-state index contributed by atoms with van der Waals surface area (Å²) in [4.78, 5) is 0. The van der Waals surface area contributed by atoms with Crippen molar-refractivity contribution in [3.63, 3.8) is 0 Å². The third kappa shape index (κ3) is 4.02. The van der Waals surface area contributed by atoms with Gasteiger partial charge in [0.25, 0.3) is 0 Å². The molecule has 112 valence electrons. The Labute approximate surface area is 140 Å². The zero-order valence-corrected chi connectivity index (χ0v) is 15.2. The Balaban J connectivity index is 2.46. The molecule has 0 amide bonds. The molecule has 0 aromatic heterocycles. The van der Waals surface area contributed by atoms with E-state index in [2.05, 4.69) is 61.8 Å². The van der Waals surface area contributed by atoms with Crippen LogP contribution in [0.5, 0.6) is 11.5 Å². The van der Waals surface area contributed by atoms with Gasteiger partial charge in [-0.05, 0) is 42.2 Å². The molecule has 0 aliphatic heterocycles. The van der Waals surface area contributed by atoms with Crippen molar-refractivity contribution >= 4 is 27.5 Å². The van der Waals surface area contributed by atoms with Gasteiger partial charge >= 0.3 is 0 Å². The molecule has 2 rings (SSSR count). The van der Waals surface area contributed by atoms with Gasteiger partial charge < -0.3 is 4.74 Å². The molecule has 0 fully saturated rings. The second kappa shape index (κ2) is 6.41. The lowest BCUT2D eigenvalue weighted by Gasteiger charge is -2.23. The zero-order valence-electron chi connectivity index (χ0n) is 12.8. The first-order valence-electron chi connectivity index (χ1n) is 6.94. The molecule has 0 atom stereocenters. The lowest BCUT2D eigenvalue weighted by Crippen LogP contribution is -2.12. The van der Waals surface area contributed by atoms with Gasteiger partial charge in [-0.15, -0.1) is 0 Å². The van der Waals surface area contributed by atoms with Gasteiger partial charge in [0.1, 0.15) is 11.5 Å². The molecule has 2 aromatic carbocycles. The number of halogens is 2. The average Bonchev–Trinajstić information content (AvgIpc) is 2.39. The highest BCUT2D eigenvalue weighted by Gasteiger charge is 2.20. The van der Waals surface area contributed by atoms with E-state index in [9.17, 15) is 0 Å². The minimum atomic E-state index is 0.0318. The first-order chi connectivity index (χ1) is 9.81. The Kier molecular flexibility index (Phi) is 5.00. The topological polar surface area (TPSA) is 9.23 Å². The smallest absolute Gasteiger partial charge is 0.131 e. The summed E-state index contributed by atoms with van der Waals surface area (Å²) in [6.07, 6.45) is 0. The van der Waals surface area contributed by atoms with Gasteiger partial charge in [-0.2, -0.15) is 0 Å². The number of ether oxygens (including phenoxy) is 1. The molecular formula is C18H20BrClO. The summed E-state index contributed by atoms with van der Waals surface area (Å²) in [5.41, 5.74) is 3.46. The molecular weight excluding hydrogens is 348 g/mol. The minimum absolute atomic E-state index is 0.0318. The van der Waals surface area contributed by atoms with Crippen molar-refractivity contribution in [2.24, 2.45) is 0 Å². The fraction of sp³-hybridized carbons (Fsp3) is 0.333. The van der Waals surface area contributed by atoms with Crippen LogP contribution in [-0.2, 0) is 10.7 Å². The summed E-state index contributed by atoms with van der Waals surface area (Å²) in [6, 6.07) is 12.1. The Hall–Kier alpha value is -0.990. The van der Waals surface area contributed by atoms with Gasteiger partial charge in [-0.1, -0.05) is 60.4 Å². The van der Waals surface area contributed by atoms with E-state index in [-0.39, 0.29) is 5.41 Å². The van der Waals surface area contributed by atoms with Crippen molar-refractivity contribution in [1.82, 2.24) is 0 Å². The molecule has 0 unspecified atom stereocenters. The maximum Gasteiger partial charge on any atom is 0.131 e. The van der Waals surface area contributed by atoms with Gasteiger partial charge in [0, 0.05) is 21.5 Å². The summed E-state index contributed by atoms with van der Waals surface area (Å²) in [7, 11) is 0. The average molecular weight is 368 g/mol. The number of hydrogen-bond acceptors (Lipinski definition) is 1. The molecule has 0 saturated carbocycles. The molecule has 0 heterocycles. The van der Waals surface area contributed by atoms with Crippen molar-refractivity contribution in [2.45, 2.75) is 38.4 Å². The van der Waals surface area contributed by atoms with Gasteiger partial charge in [0.05, 0.1) is 0 Å². The SMILES string of the molecule is Cc1ccc(C(C)(C)C)c(Oc2ccc(Cl)cc2CBr)c1. The van der Waals surface area contributed by atoms with Gasteiger partial charge in [0.15, 0.2) is 0 Å². The molecule has 0 N–H and O–H groups in total. The Morgan fingerprint density at radius 3 is 2.38 bits per heavy atom. The molecule has 1 nitrogen and oxygen atoms in total. The van der Waals surface area contributed by atoms with Crippen LogP contribution in [0.15, 0.2) is 36.4 Å². The van der Waals surface area contributed by atoms with E-state index in [0.717, 1.165) is 22.1 Å². The highest BCUT2D eigenvalue weighted by molar-refractivity contribution is 9.08. The van der Waals surface area contributed by atoms with E-state index in [4.69, 9.17) is 16.3 Å². The molecule has 0 aliphatic rings. The third-order valence-corrected chi connectivity index (χ3v) is 4.17. The van der Waals surface area contributed by atoms with Crippen molar-refractivity contribution < 1.29 is 4.74 Å². The van der Waals surface area contributed by atoms with E-state index in [0.29, 0.717) is 5.33 Å². The number of hydrogen-bond donors (Lipinski definition) is 0. The van der Waals surface area contributed by atoms with Gasteiger partial charge in [0.2, 0.25) is 0 Å². The van der Waals surface area contributed by atoms with E-state index in [1.165, 1.54) is 11.1 Å². The number of aryl methyl sites for hydroxylation is 1. The monoisotopic (exact) mass is 366 g/mol. The number of rotatable bonds is 3. The molecule has 0 aliphatic carbocycles. The van der Waals surface area contributed by atoms with Crippen LogP contribution in [-0.4, -0.2) is 0 Å². The highest BCUT2D eigenvalue weighted by Crippen LogP contribution is 2.37. The van der Waals surface area contributed by atoms with Crippen LogP contribution in [0.1, 0.15) is 37.5 Å². The second-order valence-corrected chi connectivity index (χ2v) is 7.23. The normalized spacial score (nSPS) is 11.5. The predicted molar refractivity (Wildman–Crippen MR) is 94.0 cm³/mol. The molecule has 3 heteroatoms. The third-order valence-electron chi connectivity index (χ3n) is 3.33. The van der Waals surface area contributed by atoms with E-state index in [1.807, 2.05) is 18.2 Å². The van der Waals surface area contributed by atoms with Crippen LogP contribution in [0.2, 0.25) is 5.02 Å². The molecule has 0 bridgehead atoms. The lowest BCUT2D eigenvalue weighted by atomic mass is 9.86. The van der Waals surface area contributed by atoms with Crippen molar-refractivity contribution in [2.75, 3.05) is 0 Å². The molecule has 0 radical (unpaired) electrons. The summed E-state index contributed by atoms with van der Waals surface area (Å²) in [6.45, 7) is 8.65. The summed E-state index contributed by atoms with van der Waals surface area (Å²) in [5.74, 6) is 1.75. The standard InChI is InChI=1S/C18H20BrClO/c1-12-5-7-15(18(2,3)4)17(9-12)21-16-8-6-14(20)10-13(16)11-19/h5-10H,11H2,1-4H3. The van der Waals surface area contributed by atoms with Crippen LogP contribution in [0.3, 0.4) is 0 Å². The van der Waals surface area contributed by atoms with Gasteiger partial charge in [-0.25, -0.2) is 0 Å². The first kappa shape index (κ1) is 16.4. The lowest BCUT2D eigenvalue weighted by molar-refractivity contribution is 0.452. The highest BCUT2D eigenvalue weighted by atomic mass is 79.9. The van der Waals surface area contributed by atoms with Crippen LogP contribution in [0.25, 0.3) is 0 Å². The van der Waals surface area contributed by atoms with Crippen LogP contribution >= 0.6 is 27.5 Å². The molecule has 0 spiro atoms. The quantitative estimate of drug-likeness (QED) is 0.553. The van der Waals surface area contributed by atoms with E-state index >= 15 is 0 Å². The fourth-order valence-electron chi connectivity index (χ4n) is 2.20. The Morgan fingerprint density at radius 2 is 1.76 bits per heavy atom. The van der Waals surface area contributed by atoms with E-state index < -0.39 is 0 Å². The summed E-state index contributed by atoms with van der Waals surface area (Å²) >= 11 is 9.54. The fourth-order valence-corrected chi connectivity index (χ4v) is 2.84. The Bertz CT molecular complexity index is 644. The maximum absolute atomic E-state index is 6.21. The summed E-state index contributed by atoms with van der Waals surface area (Å²) in [5, 5.41) is 1.43. The molecule has 2 aromatic rings. The van der Waals surface area contributed by atoms with Crippen molar-refractivity contribution in [1.29, 1.82) is 0 Å². The van der Waals surface area contributed by atoms with Gasteiger partial charge in [-0.3, -0.25) is 0 Å². The second-order valence-electron chi connectivity index (χ2n) is 6.24. The first-order valence-corrected chi connectivity index (χ1v) is 8.44.